The first-order valence-electron chi connectivity index (χ1n) is 5.53. The molecule has 0 aromatic heterocycles. The van der Waals surface area contributed by atoms with Gasteiger partial charge in [-0.05, 0) is 25.0 Å². The van der Waals surface area contributed by atoms with Crippen molar-refractivity contribution in [1.82, 2.24) is 0 Å². The van der Waals surface area contributed by atoms with Gasteiger partial charge >= 0.3 is 6.18 Å². The van der Waals surface area contributed by atoms with Crippen LogP contribution in [0.1, 0.15) is 36.8 Å². The molecule has 0 bridgehead atoms. The molecule has 1 aromatic rings. The lowest BCUT2D eigenvalue weighted by Crippen LogP contribution is -2.27. The largest absolute Gasteiger partial charge is 0.416 e. The van der Waals surface area contributed by atoms with Gasteiger partial charge in [0.1, 0.15) is 0 Å². The Morgan fingerprint density at radius 3 is 2.29 bits per heavy atom. The summed E-state index contributed by atoms with van der Waals surface area (Å²) in [6.45, 7) is 0. The van der Waals surface area contributed by atoms with Gasteiger partial charge in [0.25, 0.3) is 0 Å². The first-order chi connectivity index (χ1) is 7.84. The minimum atomic E-state index is -4.48. The number of rotatable bonds is 1. The average Bonchev–Trinajstić information content (AvgIpc) is 2.64. The molecule has 0 spiro atoms. The van der Waals surface area contributed by atoms with Crippen molar-refractivity contribution in [2.24, 2.45) is 0 Å². The lowest BCUT2D eigenvalue weighted by atomic mass is 9.86. The third-order valence-electron chi connectivity index (χ3n) is 3.30. The van der Waals surface area contributed by atoms with Crippen molar-refractivity contribution in [2.45, 2.75) is 37.5 Å². The normalized spacial score (nSPS) is 19.5. The maximum absolute atomic E-state index is 12.9. The Kier molecular flexibility index (Phi) is 2.81. The van der Waals surface area contributed by atoms with Crippen LogP contribution in [0.3, 0.4) is 0 Å². The Balaban J connectivity index is 2.59. The van der Waals surface area contributed by atoms with E-state index in [0.717, 1.165) is 18.9 Å². The highest BCUT2D eigenvalue weighted by Crippen LogP contribution is 2.46. The summed E-state index contributed by atoms with van der Waals surface area (Å²) in [6.07, 6.45) is -2.36. The molecule has 0 radical (unpaired) electrons. The zero-order valence-electron chi connectivity index (χ0n) is 9.22. The van der Waals surface area contributed by atoms with E-state index in [9.17, 15) is 18.3 Å². The van der Waals surface area contributed by atoms with Crippen LogP contribution in [0.25, 0.3) is 0 Å². The maximum atomic E-state index is 12.9. The molecule has 1 aliphatic carbocycles. The Bertz CT molecular complexity index is 422. The summed E-state index contributed by atoms with van der Waals surface area (Å²) in [6, 6.07) is 3.64. The van der Waals surface area contributed by atoms with Gasteiger partial charge in [-0.25, -0.2) is 0 Å². The van der Waals surface area contributed by atoms with E-state index < -0.39 is 17.3 Å². The highest BCUT2D eigenvalue weighted by Gasteiger charge is 2.43. The lowest BCUT2D eigenvalue weighted by molar-refractivity contribution is -0.140. The van der Waals surface area contributed by atoms with Crippen LogP contribution in [0.15, 0.2) is 18.2 Å². The standard InChI is InChI=1S/C12H14F3NO/c13-12(14,15)8-4-3-5-9(16)10(8)11(17)6-1-2-7-11/h3-5,17H,1-2,6-7,16H2. The summed E-state index contributed by atoms with van der Waals surface area (Å²) in [5, 5.41) is 10.3. The number of nitrogen functional groups attached to an aromatic ring is 1. The average molecular weight is 245 g/mol. The molecule has 0 saturated heterocycles. The molecule has 1 aliphatic rings. The van der Waals surface area contributed by atoms with Crippen LogP contribution in [-0.2, 0) is 11.8 Å². The summed E-state index contributed by atoms with van der Waals surface area (Å²) in [7, 11) is 0. The molecule has 17 heavy (non-hydrogen) atoms. The topological polar surface area (TPSA) is 46.2 Å². The van der Waals surface area contributed by atoms with Gasteiger partial charge in [-0.2, -0.15) is 13.2 Å². The van der Waals surface area contributed by atoms with Gasteiger partial charge in [-0.3, -0.25) is 0 Å². The van der Waals surface area contributed by atoms with E-state index in [2.05, 4.69) is 0 Å². The molecule has 0 atom stereocenters. The SMILES string of the molecule is Nc1cccc(C(F)(F)F)c1C1(O)CCCC1. The van der Waals surface area contributed by atoms with Gasteiger partial charge < -0.3 is 10.8 Å². The van der Waals surface area contributed by atoms with Gasteiger partial charge in [-0.15, -0.1) is 0 Å². The van der Waals surface area contributed by atoms with E-state index in [0.29, 0.717) is 12.8 Å². The molecule has 1 fully saturated rings. The summed E-state index contributed by atoms with van der Waals surface area (Å²) in [5.74, 6) is 0. The Morgan fingerprint density at radius 2 is 1.76 bits per heavy atom. The van der Waals surface area contributed by atoms with Crippen molar-refractivity contribution in [3.05, 3.63) is 29.3 Å². The van der Waals surface area contributed by atoms with Crippen LogP contribution in [-0.4, -0.2) is 5.11 Å². The van der Waals surface area contributed by atoms with Gasteiger partial charge in [0.05, 0.1) is 11.2 Å². The fourth-order valence-electron chi connectivity index (χ4n) is 2.54. The van der Waals surface area contributed by atoms with Gasteiger partial charge in [0.2, 0.25) is 0 Å². The van der Waals surface area contributed by atoms with E-state index in [-0.39, 0.29) is 11.3 Å². The molecule has 0 unspecified atom stereocenters. The molecule has 0 amide bonds. The number of hydrogen-bond acceptors (Lipinski definition) is 2. The van der Waals surface area contributed by atoms with Crippen LogP contribution in [0.2, 0.25) is 0 Å². The smallest absolute Gasteiger partial charge is 0.398 e. The number of halogens is 3. The van der Waals surface area contributed by atoms with E-state index in [1.165, 1.54) is 12.1 Å². The quantitative estimate of drug-likeness (QED) is 0.747. The van der Waals surface area contributed by atoms with Gasteiger partial charge in [0.15, 0.2) is 0 Å². The van der Waals surface area contributed by atoms with Crippen molar-refractivity contribution >= 4 is 5.69 Å². The second-order valence-corrected chi connectivity index (χ2v) is 4.51. The predicted molar refractivity (Wildman–Crippen MR) is 58.2 cm³/mol. The monoisotopic (exact) mass is 245 g/mol. The Morgan fingerprint density at radius 1 is 1.18 bits per heavy atom. The van der Waals surface area contributed by atoms with Crippen molar-refractivity contribution in [1.29, 1.82) is 0 Å². The van der Waals surface area contributed by atoms with E-state index in [4.69, 9.17) is 5.73 Å². The molecule has 3 N–H and O–H groups in total. The highest BCUT2D eigenvalue weighted by molar-refractivity contribution is 5.55. The molecule has 0 aliphatic heterocycles. The van der Waals surface area contributed by atoms with Crippen LogP contribution in [0.4, 0.5) is 18.9 Å². The van der Waals surface area contributed by atoms with Crippen LogP contribution >= 0.6 is 0 Å². The molecule has 5 heteroatoms. The van der Waals surface area contributed by atoms with Crippen molar-refractivity contribution in [3.63, 3.8) is 0 Å². The first-order valence-corrected chi connectivity index (χ1v) is 5.53. The second-order valence-electron chi connectivity index (χ2n) is 4.51. The molecular formula is C12H14F3NO. The van der Waals surface area contributed by atoms with Crippen LogP contribution < -0.4 is 5.73 Å². The molecule has 2 rings (SSSR count). The maximum Gasteiger partial charge on any atom is 0.416 e. The fourth-order valence-corrected chi connectivity index (χ4v) is 2.54. The number of anilines is 1. The predicted octanol–water partition coefficient (Wildman–Crippen LogP) is 3.05. The summed E-state index contributed by atoms with van der Waals surface area (Å²) in [4.78, 5) is 0. The first kappa shape index (κ1) is 12.2. The van der Waals surface area contributed by atoms with Crippen molar-refractivity contribution in [3.8, 4) is 0 Å². The van der Waals surface area contributed by atoms with Gasteiger partial charge in [-0.1, -0.05) is 18.9 Å². The Labute approximate surface area is 97.2 Å². The molecule has 1 aromatic carbocycles. The van der Waals surface area contributed by atoms with E-state index in [1.807, 2.05) is 0 Å². The van der Waals surface area contributed by atoms with Crippen molar-refractivity contribution in [2.75, 3.05) is 5.73 Å². The highest BCUT2D eigenvalue weighted by atomic mass is 19.4. The molecule has 2 nitrogen and oxygen atoms in total. The van der Waals surface area contributed by atoms with Crippen LogP contribution in [0.5, 0.6) is 0 Å². The number of nitrogens with two attached hydrogens (primary N) is 1. The third kappa shape index (κ3) is 2.11. The third-order valence-corrected chi connectivity index (χ3v) is 3.30. The number of alkyl halides is 3. The molecule has 94 valence electrons. The van der Waals surface area contributed by atoms with Gasteiger partial charge in [0, 0.05) is 11.3 Å². The number of hydrogen-bond donors (Lipinski definition) is 2. The second kappa shape index (κ2) is 3.91. The van der Waals surface area contributed by atoms with E-state index in [1.54, 1.807) is 0 Å². The summed E-state index contributed by atoms with van der Waals surface area (Å²) < 4.78 is 38.7. The Hall–Kier alpha value is -1.23. The molecule has 0 heterocycles. The minimum Gasteiger partial charge on any atom is -0.398 e. The summed E-state index contributed by atoms with van der Waals surface area (Å²) in [5.41, 5.74) is 3.25. The minimum absolute atomic E-state index is 0.0178. The molecule has 1 saturated carbocycles. The molecular weight excluding hydrogens is 231 g/mol. The van der Waals surface area contributed by atoms with Crippen LogP contribution in [0, 0.1) is 0 Å². The lowest BCUT2D eigenvalue weighted by Gasteiger charge is -2.28. The zero-order valence-corrected chi connectivity index (χ0v) is 9.22. The van der Waals surface area contributed by atoms with Crippen molar-refractivity contribution < 1.29 is 18.3 Å². The van der Waals surface area contributed by atoms with E-state index >= 15 is 0 Å². The zero-order chi connectivity index (χ0) is 12.7. The number of benzene rings is 1. The number of aliphatic hydroxyl groups is 1. The fraction of sp³-hybridized carbons (Fsp3) is 0.500. The summed E-state index contributed by atoms with van der Waals surface area (Å²) >= 11 is 0.